The van der Waals surface area contributed by atoms with Gasteiger partial charge in [0.2, 0.25) is 5.91 Å². The third-order valence-corrected chi connectivity index (χ3v) is 7.12. The molecule has 0 radical (unpaired) electrons. The van der Waals surface area contributed by atoms with Crippen LogP contribution in [0.15, 0.2) is 60.7 Å². The second-order valence-corrected chi connectivity index (χ2v) is 11.9. The largest absolute Gasteiger partial charge is 0.460 e. The normalized spacial score (nSPS) is 14.0. The van der Waals surface area contributed by atoms with E-state index in [4.69, 9.17) is 14.5 Å². The summed E-state index contributed by atoms with van der Waals surface area (Å²) in [4.78, 5) is 64.7. The molecule has 1 fully saturated rings. The lowest BCUT2D eigenvalue weighted by Crippen LogP contribution is -2.56. The molecule has 1 aliphatic heterocycles. The number of hydrogen-bond acceptors (Lipinski definition) is 8. The first-order valence-corrected chi connectivity index (χ1v) is 15.2. The van der Waals surface area contributed by atoms with Crippen molar-refractivity contribution < 1.29 is 28.7 Å². The highest BCUT2D eigenvalue weighted by atomic mass is 16.6. The maximum Gasteiger partial charge on any atom is 0.409 e. The number of benzene rings is 2. The molecule has 0 aliphatic carbocycles. The molecular formula is C34H41N5O6. The summed E-state index contributed by atoms with van der Waals surface area (Å²) in [5.41, 5.74) is 2.58. The van der Waals surface area contributed by atoms with Crippen LogP contribution in [0.5, 0.6) is 0 Å². The van der Waals surface area contributed by atoms with Crippen LogP contribution in [0.25, 0.3) is 22.6 Å². The molecule has 1 saturated heterocycles. The molecule has 1 atom stereocenters. The second kappa shape index (κ2) is 14.8. The van der Waals surface area contributed by atoms with Crippen molar-refractivity contribution in [3.63, 3.8) is 0 Å². The van der Waals surface area contributed by atoms with Gasteiger partial charge >= 0.3 is 12.1 Å². The Morgan fingerprint density at radius 3 is 2.16 bits per heavy atom. The number of nitrogens with one attached hydrogen (secondary N) is 1. The summed E-state index contributed by atoms with van der Waals surface area (Å²) >= 11 is 0. The van der Waals surface area contributed by atoms with E-state index in [0.717, 1.165) is 16.7 Å². The van der Waals surface area contributed by atoms with Gasteiger partial charge in [-0.25, -0.2) is 14.8 Å². The highest BCUT2D eigenvalue weighted by molar-refractivity contribution is 5.97. The lowest BCUT2D eigenvalue weighted by atomic mass is 10.1. The molecule has 1 N–H and O–H groups in total. The molecule has 0 saturated carbocycles. The molecular weight excluding hydrogens is 574 g/mol. The van der Waals surface area contributed by atoms with Crippen molar-refractivity contribution in [2.75, 3.05) is 32.8 Å². The summed E-state index contributed by atoms with van der Waals surface area (Å²) in [5.74, 6) is -1.04. The highest BCUT2D eigenvalue weighted by Gasteiger charge is 2.32. The molecule has 11 heteroatoms. The number of esters is 1. The summed E-state index contributed by atoms with van der Waals surface area (Å²) in [6.07, 6.45) is -0.481. The third kappa shape index (κ3) is 9.34. The van der Waals surface area contributed by atoms with E-state index in [1.54, 1.807) is 43.6 Å². The number of amides is 3. The van der Waals surface area contributed by atoms with Crippen molar-refractivity contribution in [3.8, 4) is 22.6 Å². The van der Waals surface area contributed by atoms with Crippen LogP contribution in [0.3, 0.4) is 0 Å². The van der Waals surface area contributed by atoms with Crippen LogP contribution in [0, 0.1) is 6.92 Å². The number of hydrogen-bond donors (Lipinski definition) is 1. The zero-order chi connectivity index (χ0) is 32.6. The van der Waals surface area contributed by atoms with Crippen molar-refractivity contribution >= 4 is 23.9 Å². The van der Waals surface area contributed by atoms with Gasteiger partial charge in [0, 0.05) is 43.7 Å². The van der Waals surface area contributed by atoms with E-state index in [-0.39, 0.29) is 44.1 Å². The summed E-state index contributed by atoms with van der Waals surface area (Å²) in [6, 6.07) is 17.7. The maximum atomic E-state index is 13.8. The van der Waals surface area contributed by atoms with E-state index >= 15 is 0 Å². The quantitative estimate of drug-likeness (QED) is 0.345. The Labute approximate surface area is 263 Å². The van der Waals surface area contributed by atoms with Crippen LogP contribution in [-0.2, 0) is 19.1 Å². The van der Waals surface area contributed by atoms with Gasteiger partial charge < -0.3 is 24.6 Å². The molecule has 2 heterocycles. The number of aryl methyl sites for hydroxylation is 1. The van der Waals surface area contributed by atoms with Crippen molar-refractivity contribution in [1.82, 2.24) is 25.1 Å². The minimum Gasteiger partial charge on any atom is -0.460 e. The van der Waals surface area contributed by atoms with Gasteiger partial charge in [0.05, 0.1) is 12.3 Å². The third-order valence-electron chi connectivity index (χ3n) is 7.12. The van der Waals surface area contributed by atoms with E-state index in [0.29, 0.717) is 24.6 Å². The molecule has 238 valence electrons. The van der Waals surface area contributed by atoms with E-state index in [2.05, 4.69) is 10.3 Å². The Hall–Kier alpha value is -4.80. The van der Waals surface area contributed by atoms with Crippen LogP contribution in [0.1, 0.15) is 56.6 Å². The highest BCUT2D eigenvalue weighted by Crippen LogP contribution is 2.23. The second-order valence-electron chi connectivity index (χ2n) is 11.9. The monoisotopic (exact) mass is 615 g/mol. The Morgan fingerprint density at radius 1 is 0.889 bits per heavy atom. The summed E-state index contributed by atoms with van der Waals surface area (Å²) in [5, 5.41) is 2.84. The zero-order valence-electron chi connectivity index (χ0n) is 26.5. The Balaban J connectivity index is 1.60. The van der Waals surface area contributed by atoms with E-state index < -0.39 is 29.6 Å². The maximum absolute atomic E-state index is 13.8. The topological polar surface area (TPSA) is 131 Å². The molecule has 0 bridgehead atoms. The molecule has 3 aromatic rings. The zero-order valence-corrected chi connectivity index (χ0v) is 26.5. The number of nitrogens with zero attached hydrogens (tertiary/aromatic N) is 4. The van der Waals surface area contributed by atoms with Crippen LogP contribution >= 0.6 is 0 Å². The standard InChI is InChI=1S/C34H41N5O6/c1-6-44-33(43)39-20-18-38(19-21-39)32(42)26(16-17-29(40)45-34(3,4)5)37-31(41)28-22-27(24-14-12-23(2)13-15-24)35-30(36-28)25-10-8-7-9-11-25/h7-15,22,26H,6,16-21H2,1-5H3,(H,37,41)/t26-/m0/s1. The van der Waals surface area contributed by atoms with Gasteiger partial charge in [-0.1, -0.05) is 60.2 Å². The Kier molecular flexibility index (Phi) is 10.9. The van der Waals surface area contributed by atoms with Crippen molar-refractivity contribution in [3.05, 3.63) is 71.9 Å². The first kappa shape index (κ1) is 33.1. The van der Waals surface area contributed by atoms with Gasteiger partial charge in [-0.05, 0) is 47.1 Å². The smallest absolute Gasteiger partial charge is 0.409 e. The lowest BCUT2D eigenvalue weighted by Gasteiger charge is -2.36. The van der Waals surface area contributed by atoms with Gasteiger partial charge in [0.15, 0.2) is 5.82 Å². The molecule has 2 aromatic carbocycles. The average molecular weight is 616 g/mol. The predicted octanol–water partition coefficient (Wildman–Crippen LogP) is 4.64. The van der Waals surface area contributed by atoms with Gasteiger partial charge in [0.25, 0.3) is 5.91 Å². The molecule has 1 aromatic heterocycles. The number of piperazine rings is 1. The fraction of sp³-hybridized carbons (Fsp3) is 0.412. The molecule has 45 heavy (non-hydrogen) atoms. The molecule has 1 aliphatic rings. The first-order chi connectivity index (χ1) is 21.4. The summed E-state index contributed by atoms with van der Waals surface area (Å²) < 4.78 is 10.5. The van der Waals surface area contributed by atoms with E-state index in [9.17, 15) is 19.2 Å². The molecule has 0 unspecified atom stereocenters. The predicted molar refractivity (Wildman–Crippen MR) is 169 cm³/mol. The molecule has 4 rings (SSSR count). The van der Waals surface area contributed by atoms with Crippen molar-refractivity contribution in [2.45, 2.75) is 59.1 Å². The average Bonchev–Trinajstić information content (AvgIpc) is 3.02. The fourth-order valence-corrected chi connectivity index (χ4v) is 4.84. The number of aromatic nitrogens is 2. The van der Waals surface area contributed by atoms with Crippen molar-refractivity contribution in [1.29, 1.82) is 0 Å². The SMILES string of the molecule is CCOC(=O)N1CCN(C(=O)[C@H](CCC(=O)OC(C)(C)C)NC(=O)c2cc(-c3ccc(C)cc3)nc(-c3ccccc3)n2)CC1. The Morgan fingerprint density at radius 2 is 1.53 bits per heavy atom. The Bertz CT molecular complexity index is 1500. The van der Waals surface area contributed by atoms with Gasteiger partial charge in [-0.2, -0.15) is 0 Å². The number of ether oxygens (including phenoxy) is 2. The minimum atomic E-state index is -1.03. The van der Waals surface area contributed by atoms with E-state index in [1.165, 1.54) is 0 Å². The molecule has 0 spiro atoms. The molecule has 11 nitrogen and oxygen atoms in total. The van der Waals surface area contributed by atoms with Gasteiger partial charge in [-0.3, -0.25) is 14.4 Å². The van der Waals surface area contributed by atoms with Crippen LogP contribution < -0.4 is 5.32 Å². The summed E-state index contributed by atoms with van der Waals surface area (Å²) in [6.45, 7) is 10.4. The van der Waals surface area contributed by atoms with Crippen LogP contribution in [0.4, 0.5) is 4.79 Å². The van der Waals surface area contributed by atoms with Crippen molar-refractivity contribution in [2.24, 2.45) is 0 Å². The van der Waals surface area contributed by atoms with Gasteiger partial charge in [0.1, 0.15) is 17.3 Å². The van der Waals surface area contributed by atoms with Gasteiger partial charge in [-0.15, -0.1) is 0 Å². The first-order valence-electron chi connectivity index (χ1n) is 15.2. The fourth-order valence-electron chi connectivity index (χ4n) is 4.84. The molecule has 3 amide bonds. The van der Waals surface area contributed by atoms with Crippen LogP contribution in [0.2, 0.25) is 0 Å². The number of carbonyl (C=O) groups excluding carboxylic acids is 4. The number of rotatable bonds is 9. The summed E-state index contributed by atoms with van der Waals surface area (Å²) in [7, 11) is 0. The lowest BCUT2D eigenvalue weighted by molar-refractivity contribution is -0.155. The van der Waals surface area contributed by atoms with Crippen LogP contribution in [-0.4, -0.2) is 88.1 Å². The number of carbonyl (C=O) groups is 4. The minimum absolute atomic E-state index is 0.0268. The van der Waals surface area contributed by atoms with E-state index in [1.807, 2.05) is 61.5 Å².